The van der Waals surface area contributed by atoms with Gasteiger partial charge in [0, 0.05) is 0 Å². The zero-order chi connectivity index (χ0) is 12.0. The van der Waals surface area contributed by atoms with Crippen LogP contribution < -0.4 is 0 Å². The predicted octanol–water partition coefficient (Wildman–Crippen LogP) is 2.89. The van der Waals surface area contributed by atoms with Crippen molar-refractivity contribution >= 4 is 24.7 Å². The average Bonchev–Trinajstić information content (AvgIpc) is 2.31. The van der Waals surface area contributed by atoms with Crippen molar-refractivity contribution in [1.29, 1.82) is 0 Å². The average molecular weight is 214 g/mol. The minimum atomic E-state index is 0.687. The summed E-state index contributed by atoms with van der Waals surface area (Å²) in [6, 6.07) is 7.65. The molecule has 0 radical (unpaired) electrons. The van der Waals surface area contributed by atoms with Crippen molar-refractivity contribution in [2.24, 2.45) is 0 Å². The number of rotatable bonds is 4. The molecule has 1 aromatic rings. The van der Waals surface area contributed by atoms with Gasteiger partial charge in [0.05, 0.1) is 0 Å². The van der Waals surface area contributed by atoms with Gasteiger partial charge in [-0.05, 0) is 48.3 Å². The number of carbonyl (C=O) groups excluding carboxylic acids is 2. The van der Waals surface area contributed by atoms with Crippen molar-refractivity contribution in [3.05, 3.63) is 46.5 Å². The molecule has 0 aromatic heterocycles. The quantitative estimate of drug-likeness (QED) is 0.570. The fourth-order valence-electron chi connectivity index (χ4n) is 1.28. The maximum atomic E-state index is 10.4. The molecule has 0 spiro atoms. The molecule has 0 fully saturated rings. The summed E-state index contributed by atoms with van der Waals surface area (Å²) in [6.07, 6.45) is 5.27. The first-order valence-electron chi connectivity index (χ1n) is 5.02. The van der Waals surface area contributed by atoms with Gasteiger partial charge in [0.25, 0.3) is 0 Å². The molecule has 0 saturated carbocycles. The second-order valence-corrected chi connectivity index (χ2v) is 3.68. The van der Waals surface area contributed by atoms with Crippen LogP contribution in [0.5, 0.6) is 0 Å². The highest BCUT2D eigenvalue weighted by atomic mass is 16.1. The summed E-state index contributed by atoms with van der Waals surface area (Å²) in [6.45, 7) is 3.52. The Morgan fingerprint density at radius 2 is 1.12 bits per heavy atom. The summed E-state index contributed by atoms with van der Waals surface area (Å²) in [5.41, 5.74) is 3.33. The van der Waals surface area contributed by atoms with E-state index in [-0.39, 0.29) is 0 Å². The molecule has 0 unspecified atom stereocenters. The standard InChI is InChI=1S/C14H14O2/c1-11(9-15)7-13-3-5-14(6-4-13)8-12(2)10-16/h3-10H,1-2H3/b11-7-,12-8-. The van der Waals surface area contributed by atoms with E-state index in [1.807, 2.05) is 36.4 Å². The van der Waals surface area contributed by atoms with Crippen LogP contribution in [0, 0.1) is 0 Å². The van der Waals surface area contributed by atoms with E-state index in [1.54, 1.807) is 13.8 Å². The summed E-state index contributed by atoms with van der Waals surface area (Å²) < 4.78 is 0. The largest absolute Gasteiger partial charge is 0.298 e. The van der Waals surface area contributed by atoms with Gasteiger partial charge in [0.2, 0.25) is 0 Å². The van der Waals surface area contributed by atoms with E-state index in [2.05, 4.69) is 0 Å². The summed E-state index contributed by atoms with van der Waals surface area (Å²) in [5.74, 6) is 0. The molecule has 82 valence electrons. The summed E-state index contributed by atoms with van der Waals surface area (Å²) in [5, 5.41) is 0. The van der Waals surface area contributed by atoms with Crippen LogP contribution in [0.4, 0.5) is 0 Å². The van der Waals surface area contributed by atoms with Gasteiger partial charge in [0.1, 0.15) is 12.6 Å². The number of carbonyl (C=O) groups is 2. The van der Waals surface area contributed by atoms with Crippen molar-refractivity contribution in [2.45, 2.75) is 13.8 Å². The van der Waals surface area contributed by atoms with E-state index in [0.29, 0.717) is 11.1 Å². The third kappa shape index (κ3) is 3.65. The van der Waals surface area contributed by atoms with Crippen molar-refractivity contribution in [3.8, 4) is 0 Å². The van der Waals surface area contributed by atoms with E-state index in [4.69, 9.17) is 0 Å². The number of allylic oxidation sites excluding steroid dienone is 2. The maximum absolute atomic E-state index is 10.4. The van der Waals surface area contributed by atoms with Gasteiger partial charge in [-0.25, -0.2) is 0 Å². The Hall–Kier alpha value is -1.96. The molecular formula is C14H14O2. The zero-order valence-electron chi connectivity index (χ0n) is 9.44. The lowest BCUT2D eigenvalue weighted by Crippen LogP contribution is -1.81. The molecule has 0 N–H and O–H groups in total. The Bertz CT molecular complexity index is 393. The van der Waals surface area contributed by atoms with Gasteiger partial charge >= 0.3 is 0 Å². The number of hydrogen-bond donors (Lipinski definition) is 0. The SMILES string of the molecule is C/C(C=O)=C/c1ccc(/C=C(/C)C=O)cc1. The van der Waals surface area contributed by atoms with Crippen LogP contribution in [0.2, 0.25) is 0 Å². The van der Waals surface area contributed by atoms with Crippen LogP contribution in [0.3, 0.4) is 0 Å². The highest BCUT2D eigenvalue weighted by Crippen LogP contribution is 2.10. The van der Waals surface area contributed by atoms with Gasteiger partial charge in [-0.15, -0.1) is 0 Å². The molecular weight excluding hydrogens is 200 g/mol. The maximum Gasteiger partial charge on any atom is 0.145 e. The minimum Gasteiger partial charge on any atom is -0.298 e. The molecule has 1 rings (SSSR count). The Kier molecular flexibility index (Phi) is 4.40. The molecule has 0 aliphatic carbocycles. The van der Waals surface area contributed by atoms with Crippen LogP contribution in [-0.4, -0.2) is 12.6 Å². The van der Waals surface area contributed by atoms with Crippen LogP contribution in [-0.2, 0) is 9.59 Å². The first-order valence-corrected chi connectivity index (χ1v) is 5.02. The lowest BCUT2D eigenvalue weighted by atomic mass is 10.1. The highest BCUT2D eigenvalue weighted by Gasteiger charge is 1.92. The molecule has 1 aromatic carbocycles. The molecule has 2 nitrogen and oxygen atoms in total. The Morgan fingerprint density at radius 1 is 0.812 bits per heavy atom. The molecule has 0 saturated heterocycles. The molecule has 0 aliphatic rings. The van der Waals surface area contributed by atoms with E-state index in [1.165, 1.54) is 0 Å². The van der Waals surface area contributed by atoms with Gasteiger partial charge in [-0.2, -0.15) is 0 Å². The van der Waals surface area contributed by atoms with E-state index >= 15 is 0 Å². The van der Waals surface area contributed by atoms with Crippen LogP contribution >= 0.6 is 0 Å². The van der Waals surface area contributed by atoms with Crippen molar-refractivity contribution in [1.82, 2.24) is 0 Å². The fourth-order valence-corrected chi connectivity index (χ4v) is 1.28. The number of benzene rings is 1. The van der Waals surface area contributed by atoms with Gasteiger partial charge < -0.3 is 0 Å². The third-order valence-electron chi connectivity index (χ3n) is 2.10. The highest BCUT2D eigenvalue weighted by molar-refractivity contribution is 5.82. The third-order valence-corrected chi connectivity index (χ3v) is 2.10. The van der Waals surface area contributed by atoms with Crippen LogP contribution in [0.15, 0.2) is 35.4 Å². The van der Waals surface area contributed by atoms with Crippen molar-refractivity contribution in [3.63, 3.8) is 0 Å². The normalized spacial score (nSPS) is 12.4. The summed E-state index contributed by atoms with van der Waals surface area (Å²) in [7, 11) is 0. The first-order chi connectivity index (χ1) is 7.65. The van der Waals surface area contributed by atoms with E-state index < -0.39 is 0 Å². The number of aldehydes is 2. The molecule has 16 heavy (non-hydrogen) atoms. The van der Waals surface area contributed by atoms with Gasteiger partial charge in [-0.3, -0.25) is 9.59 Å². The predicted molar refractivity (Wildman–Crippen MR) is 65.9 cm³/mol. The summed E-state index contributed by atoms with van der Waals surface area (Å²) in [4.78, 5) is 20.9. The Morgan fingerprint density at radius 3 is 1.38 bits per heavy atom. The number of hydrogen-bond acceptors (Lipinski definition) is 2. The molecule has 0 bridgehead atoms. The first kappa shape index (κ1) is 12.1. The smallest absolute Gasteiger partial charge is 0.145 e. The summed E-state index contributed by atoms with van der Waals surface area (Å²) >= 11 is 0. The second-order valence-electron chi connectivity index (χ2n) is 3.68. The molecule has 2 heteroatoms. The topological polar surface area (TPSA) is 34.1 Å². The van der Waals surface area contributed by atoms with E-state index in [0.717, 1.165) is 23.7 Å². The van der Waals surface area contributed by atoms with E-state index in [9.17, 15) is 9.59 Å². The Labute approximate surface area is 95.3 Å². The molecule has 0 atom stereocenters. The lowest BCUT2D eigenvalue weighted by Gasteiger charge is -1.97. The second kappa shape index (κ2) is 5.81. The van der Waals surface area contributed by atoms with Crippen LogP contribution in [0.1, 0.15) is 25.0 Å². The molecule has 0 amide bonds. The van der Waals surface area contributed by atoms with Crippen molar-refractivity contribution in [2.75, 3.05) is 0 Å². The minimum absolute atomic E-state index is 0.687. The molecule has 0 heterocycles. The zero-order valence-corrected chi connectivity index (χ0v) is 9.44. The van der Waals surface area contributed by atoms with Crippen LogP contribution in [0.25, 0.3) is 12.2 Å². The lowest BCUT2D eigenvalue weighted by molar-refractivity contribution is -0.105. The molecule has 0 aliphatic heterocycles. The fraction of sp³-hybridized carbons (Fsp3) is 0.143. The monoisotopic (exact) mass is 214 g/mol. The van der Waals surface area contributed by atoms with Gasteiger partial charge in [-0.1, -0.05) is 24.3 Å². The van der Waals surface area contributed by atoms with Crippen molar-refractivity contribution < 1.29 is 9.59 Å². The van der Waals surface area contributed by atoms with Gasteiger partial charge in [0.15, 0.2) is 0 Å². The Balaban J connectivity index is 2.91.